The molecule has 0 saturated carbocycles. The molecule has 0 bridgehead atoms. The van der Waals surface area contributed by atoms with E-state index in [1.807, 2.05) is 29.3 Å². The van der Waals surface area contributed by atoms with Gasteiger partial charge in [0.05, 0.1) is 50.0 Å². The molecule has 0 unspecified atom stereocenters. The van der Waals surface area contributed by atoms with E-state index in [-0.39, 0.29) is 45.2 Å². The van der Waals surface area contributed by atoms with Gasteiger partial charge < -0.3 is 33.9 Å². The summed E-state index contributed by atoms with van der Waals surface area (Å²) in [7, 11) is -0.904. The van der Waals surface area contributed by atoms with Gasteiger partial charge in [0.25, 0.3) is 17.5 Å². The smallest absolute Gasteiger partial charge is 0.282 e. The average molecular weight is 975 g/mol. The fourth-order valence-corrected chi connectivity index (χ4v) is 10.9. The molecule has 2 atom stereocenters. The zero-order chi connectivity index (χ0) is 48.9. The van der Waals surface area contributed by atoms with Gasteiger partial charge in [-0.25, -0.2) is 0 Å². The molecule has 2 amide bonds. The lowest BCUT2D eigenvalue weighted by atomic mass is 9.95. The first-order valence-corrected chi connectivity index (χ1v) is 30.1. The van der Waals surface area contributed by atoms with E-state index in [1.165, 1.54) is 36.0 Å². The Balaban J connectivity index is 0.000000248. The number of nitrogen functional groups attached to an aromatic ring is 1. The summed E-state index contributed by atoms with van der Waals surface area (Å²) in [6.45, 7) is 27.6. The highest BCUT2D eigenvalue weighted by molar-refractivity contribution is 7.08. The summed E-state index contributed by atoms with van der Waals surface area (Å²) in [6.07, 6.45) is 5.60. The van der Waals surface area contributed by atoms with Gasteiger partial charge in [-0.2, -0.15) is 22.7 Å². The van der Waals surface area contributed by atoms with Gasteiger partial charge in [-0.1, -0.05) is 53.7 Å². The Bertz CT molecular complexity index is 2420. The molecule has 358 valence electrons. The molecule has 0 saturated heterocycles. The molecule has 4 aromatic rings. The molecule has 0 fully saturated rings. The van der Waals surface area contributed by atoms with E-state index in [2.05, 4.69) is 102 Å². The van der Waals surface area contributed by atoms with Crippen LogP contribution >= 0.6 is 22.7 Å². The molecule has 66 heavy (non-hydrogen) atoms. The first-order valence-electron chi connectivity index (χ1n) is 22.4. The van der Waals surface area contributed by atoms with Crippen LogP contribution in [0.3, 0.4) is 0 Å². The van der Waals surface area contributed by atoms with Crippen LogP contribution in [0.1, 0.15) is 97.4 Å². The molecular formula is C50H70N4O8S2Si2. The lowest BCUT2D eigenvalue weighted by Gasteiger charge is -2.41. The third-order valence-corrected chi connectivity index (χ3v) is 24.2. The summed E-state index contributed by atoms with van der Waals surface area (Å²) in [5.74, 6) is 0.664. The number of rotatable bonds is 13. The number of benzene rings is 2. The predicted octanol–water partition coefficient (Wildman–Crippen LogP) is 12.3. The highest BCUT2D eigenvalue weighted by Gasteiger charge is 2.41. The largest absolute Gasteiger partial charge is 0.496 e. The van der Waals surface area contributed by atoms with Crippen LogP contribution in [-0.4, -0.2) is 95.8 Å². The quantitative estimate of drug-likeness (QED) is 0.0598. The maximum absolute atomic E-state index is 13.7. The van der Waals surface area contributed by atoms with Crippen molar-refractivity contribution >= 4 is 73.6 Å². The number of nitro groups is 1. The van der Waals surface area contributed by atoms with Crippen LogP contribution in [0.25, 0.3) is 11.1 Å². The number of aryl methyl sites for hydroxylation is 2. The number of nitro benzene ring substituents is 1. The highest BCUT2D eigenvalue weighted by atomic mass is 32.1. The molecule has 16 heteroatoms. The van der Waals surface area contributed by atoms with Crippen molar-refractivity contribution in [1.29, 1.82) is 0 Å². The predicted molar refractivity (Wildman–Crippen MR) is 276 cm³/mol. The number of carbonyl (C=O) groups is 2. The van der Waals surface area contributed by atoms with Crippen LogP contribution in [0.2, 0.25) is 36.3 Å². The summed E-state index contributed by atoms with van der Waals surface area (Å²) in [4.78, 5) is 42.3. The minimum Gasteiger partial charge on any atom is -0.496 e. The number of hydrogen-bond donors (Lipinski definition) is 1. The molecule has 12 nitrogen and oxygen atoms in total. The highest BCUT2D eigenvalue weighted by Crippen LogP contribution is 2.40. The SMILES string of the molecule is COc1cc(C(=O)N2CC=C(c3ccsc3)C[C@H]2CO[Si](C)(C)C(C)(C)C)c(N)cc1C.COc1cc(C(=O)N2CC=C(c3ccsc3)C[C@H]2CO[Si](C)(C)C(C)(C)C)c([N+](=O)[O-])cc1C. The van der Waals surface area contributed by atoms with E-state index in [9.17, 15) is 19.7 Å². The standard InChI is InChI=1S/C25H34N2O5SSi.C25H36N2O3SSi/c1-17-12-22(27(29)30)21(14-23(17)31-5)24(28)26-10-8-18(19-9-11-33-16-19)13-20(26)15-32-34(6,7)25(2,3)4;1-17-12-22(26)21(14-23(17)29-5)24(28)27-10-8-18(19-9-11-31-16-19)13-20(27)15-30-32(6,7)25(2,3)4/h8-9,11-12,14,16,20H,10,13,15H2,1-7H3;8-9,11-12,14,16,20H,10,13,15,26H2,1-7H3/t2*20-/m00/s1. The molecule has 6 rings (SSSR count). The topological polar surface area (TPSA) is 147 Å². The second-order valence-corrected chi connectivity index (χ2v) is 31.4. The number of thiophene rings is 2. The molecule has 2 aromatic carbocycles. The number of amides is 2. The van der Waals surface area contributed by atoms with Gasteiger partial charge in [0.2, 0.25) is 0 Å². The Kier molecular flexibility index (Phi) is 16.8. The molecule has 0 spiro atoms. The molecule has 2 aliphatic heterocycles. The van der Waals surface area contributed by atoms with E-state index >= 15 is 0 Å². The monoisotopic (exact) mass is 974 g/mol. The number of hydrogen-bond acceptors (Lipinski definition) is 11. The fourth-order valence-electron chi connectivity index (χ4n) is 7.45. The van der Waals surface area contributed by atoms with Crippen molar-refractivity contribution in [2.24, 2.45) is 0 Å². The normalized spacial score (nSPS) is 17.1. The Hall–Kier alpha value is -4.59. The summed E-state index contributed by atoms with van der Waals surface area (Å²) >= 11 is 3.33. The van der Waals surface area contributed by atoms with Crippen molar-refractivity contribution in [3.8, 4) is 11.5 Å². The second-order valence-electron chi connectivity index (χ2n) is 20.3. The van der Waals surface area contributed by atoms with Gasteiger partial charge >= 0.3 is 0 Å². The fraction of sp³-hybridized carbons (Fsp3) is 0.480. The third-order valence-electron chi connectivity index (χ3n) is 13.8. The van der Waals surface area contributed by atoms with Gasteiger partial charge in [-0.05, 0) is 142 Å². The number of nitrogens with zero attached hydrogens (tertiary/aromatic N) is 3. The summed E-state index contributed by atoms with van der Waals surface area (Å²) in [5, 5.41) is 20.3. The Morgan fingerprint density at radius 3 is 1.52 bits per heavy atom. The van der Waals surface area contributed by atoms with Crippen LogP contribution in [0.15, 0.2) is 70.1 Å². The van der Waals surface area contributed by atoms with Crippen molar-refractivity contribution in [3.63, 3.8) is 0 Å². The van der Waals surface area contributed by atoms with E-state index in [0.717, 1.165) is 17.5 Å². The van der Waals surface area contributed by atoms with Crippen LogP contribution in [0.5, 0.6) is 11.5 Å². The van der Waals surface area contributed by atoms with Gasteiger partial charge in [0.1, 0.15) is 17.1 Å². The van der Waals surface area contributed by atoms with Crippen LogP contribution < -0.4 is 15.2 Å². The lowest BCUT2D eigenvalue weighted by Crippen LogP contribution is -2.49. The van der Waals surface area contributed by atoms with E-state index < -0.39 is 21.6 Å². The van der Waals surface area contributed by atoms with Crippen molar-refractivity contribution in [2.75, 3.05) is 46.3 Å². The Morgan fingerprint density at radius 2 is 1.14 bits per heavy atom. The van der Waals surface area contributed by atoms with Crippen molar-refractivity contribution < 1.29 is 32.8 Å². The summed E-state index contributed by atoms with van der Waals surface area (Å²) in [6, 6.07) is 10.4. The van der Waals surface area contributed by atoms with Gasteiger partial charge in [0, 0.05) is 30.9 Å². The van der Waals surface area contributed by atoms with Crippen LogP contribution in [-0.2, 0) is 8.85 Å². The molecular weight excluding hydrogens is 905 g/mol. The number of carbonyl (C=O) groups excluding carboxylic acids is 2. The number of ether oxygens (including phenoxy) is 2. The zero-order valence-electron chi connectivity index (χ0n) is 41.3. The van der Waals surface area contributed by atoms with E-state index in [4.69, 9.17) is 24.1 Å². The van der Waals surface area contributed by atoms with Gasteiger partial charge in [-0.3, -0.25) is 19.7 Å². The molecule has 2 aromatic heterocycles. The Labute approximate surface area is 402 Å². The summed E-state index contributed by atoms with van der Waals surface area (Å²) < 4.78 is 23.9. The van der Waals surface area contributed by atoms with Crippen LogP contribution in [0, 0.1) is 24.0 Å². The van der Waals surface area contributed by atoms with Gasteiger partial charge in [-0.15, -0.1) is 0 Å². The van der Waals surface area contributed by atoms with Crippen molar-refractivity contribution in [1.82, 2.24) is 9.80 Å². The maximum atomic E-state index is 13.7. The first kappa shape index (κ1) is 52.4. The maximum Gasteiger partial charge on any atom is 0.282 e. The lowest BCUT2D eigenvalue weighted by molar-refractivity contribution is -0.385. The minimum absolute atomic E-state index is 0.0334. The average Bonchev–Trinajstić information content (AvgIpc) is 4.00. The Morgan fingerprint density at radius 1 is 0.727 bits per heavy atom. The van der Waals surface area contributed by atoms with Crippen molar-refractivity contribution in [3.05, 3.63) is 114 Å². The zero-order valence-corrected chi connectivity index (χ0v) is 45.0. The van der Waals surface area contributed by atoms with E-state index in [0.29, 0.717) is 61.0 Å². The molecule has 0 aliphatic carbocycles. The molecule has 4 heterocycles. The van der Waals surface area contributed by atoms with E-state index in [1.54, 1.807) is 47.7 Å². The van der Waals surface area contributed by atoms with Crippen molar-refractivity contribution in [2.45, 2.75) is 117 Å². The third kappa shape index (κ3) is 12.1. The second kappa shape index (κ2) is 21.2. The summed E-state index contributed by atoms with van der Waals surface area (Å²) in [5.41, 5.74) is 13.4. The molecule has 0 radical (unpaired) electrons. The molecule has 2 aliphatic rings. The minimum atomic E-state index is -2.06. The number of methoxy groups -OCH3 is 2. The van der Waals surface area contributed by atoms with Crippen LogP contribution in [0.4, 0.5) is 11.4 Å². The first-order chi connectivity index (χ1) is 30.8. The molecule has 2 N–H and O–H groups in total. The number of anilines is 1. The van der Waals surface area contributed by atoms with Gasteiger partial charge in [0.15, 0.2) is 16.6 Å². The number of nitrogens with two attached hydrogens (primary N) is 1.